The van der Waals surface area contributed by atoms with Crippen LogP contribution in [0.1, 0.15) is 18.4 Å². The second kappa shape index (κ2) is 6.39. The SMILES string of the molecule is O=C(CC[C@@H]1Cc2ccccc2NC1=O)Nc1cccnc1. The topological polar surface area (TPSA) is 71.1 Å². The third-order valence-electron chi connectivity index (χ3n) is 3.78. The summed E-state index contributed by atoms with van der Waals surface area (Å²) in [5.74, 6) is -0.262. The van der Waals surface area contributed by atoms with E-state index >= 15 is 0 Å². The van der Waals surface area contributed by atoms with Crippen LogP contribution in [0, 0.1) is 5.92 Å². The summed E-state index contributed by atoms with van der Waals surface area (Å²) in [5.41, 5.74) is 2.68. The van der Waals surface area contributed by atoms with Gasteiger partial charge in [0.2, 0.25) is 11.8 Å². The number of rotatable bonds is 4. The fourth-order valence-corrected chi connectivity index (χ4v) is 2.61. The molecule has 2 amide bonds. The highest BCUT2D eigenvalue weighted by Gasteiger charge is 2.26. The lowest BCUT2D eigenvalue weighted by atomic mass is 9.89. The van der Waals surface area contributed by atoms with E-state index in [1.807, 2.05) is 24.3 Å². The lowest BCUT2D eigenvalue weighted by Crippen LogP contribution is -2.30. The average Bonchev–Trinajstić information content (AvgIpc) is 2.54. The maximum atomic E-state index is 12.1. The summed E-state index contributed by atoms with van der Waals surface area (Å²) in [6.45, 7) is 0. The number of nitrogens with one attached hydrogen (secondary N) is 2. The van der Waals surface area contributed by atoms with E-state index < -0.39 is 0 Å². The van der Waals surface area contributed by atoms with Crippen molar-refractivity contribution in [1.82, 2.24) is 4.98 Å². The van der Waals surface area contributed by atoms with Crippen LogP contribution in [0.5, 0.6) is 0 Å². The highest BCUT2D eigenvalue weighted by atomic mass is 16.2. The number of nitrogens with zero attached hydrogens (tertiary/aromatic N) is 1. The van der Waals surface area contributed by atoms with Crippen molar-refractivity contribution < 1.29 is 9.59 Å². The van der Waals surface area contributed by atoms with Gasteiger partial charge in [0, 0.05) is 24.2 Å². The molecule has 1 atom stereocenters. The van der Waals surface area contributed by atoms with Gasteiger partial charge in [0.1, 0.15) is 0 Å². The number of para-hydroxylation sites is 1. The number of benzene rings is 1. The number of hydrogen-bond donors (Lipinski definition) is 2. The zero-order valence-corrected chi connectivity index (χ0v) is 12.1. The number of anilines is 2. The maximum Gasteiger partial charge on any atom is 0.227 e. The molecular formula is C17H17N3O2. The minimum atomic E-state index is -0.158. The van der Waals surface area contributed by atoms with Crippen LogP contribution in [0.15, 0.2) is 48.8 Å². The molecule has 0 aliphatic carbocycles. The van der Waals surface area contributed by atoms with Gasteiger partial charge in [-0.15, -0.1) is 0 Å². The average molecular weight is 295 g/mol. The third-order valence-corrected chi connectivity index (χ3v) is 3.78. The Hall–Kier alpha value is -2.69. The van der Waals surface area contributed by atoms with Gasteiger partial charge in [-0.25, -0.2) is 0 Å². The summed E-state index contributed by atoms with van der Waals surface area (Å²) in [4.78, 5) is 28.0. The Labute approximate surface area is 128 Å². The van der Waals surface area contributed by atoms with Crippen molar-refractivity contribution in [2.45, 2.75) is 19.3 Å². The molecule has 0 saturated carbocycles. The first kappa shape index (κ1) is 14.3. The predicted octanol–water partition coefficient (Wildman–Crippen LogP) is 2.61. The molecule has 0 unspecified atom stereocenters. The van der Waals surface area contributed by atoms with Gasteiger partial charge >= 0.3 is 0 Å². The summed E-state index contributed by atoms with van der Waals surface area (Å²) >= 11 is 0. The zero-order valence-electron chi connectivity index (χ0n) is 12.1. The lowest BCUT2D eigenvalue weighted by Gasteiger charge is -2.24. The molecular weight excluding hydrogens is 278 g/mol. The van der Waals surface area contributed by atoms with E-state index in [4.69, 9.17) is 0 Å². The molecule has 5 heteroatoms. The van der Waals surface area contributed by atoms with E-state index in [1.54, 1.807) is 24.5 Å². The first-order valence-corrected chi connectivity index (χ1v) is 7.31. The van der Waals surface area contributed by atoms with Crippen LogP contribution < -0.4 is 10.6 Å². The zero-order chi connectivity index (χ0) is 15.4. The van der Waals surface area contributed by atoms with E-state index in [1.165, 1.54) is 0 Å². The molecule has 2 aromatic rings. The van der Waals surface area contributed by atoms with Crippen molar-refractivity contribution in [3.8, 4) is 0 Å². The Balaban J connectivity index is 1.56. The molecule has 0 radical (unpaired) electrons. The molecule has 1 aromatic heterocycles. The molecule has 1 aromatic carbocycles. The number of aromatic nitrogens is 1. The Bertz CT molecular complexity index is 685. The number of pyridine rings is 1. The Morgan fingerprint density at radius 3 is 2.95 bits per heavy atom. The van der Waals surface area contributed by atoms with E-state index in [2.05, 4.69) is 15.6 Å². The third kappa shape index (κ3) is 3.31. The molecule has 2 heterocycles. The van der Waals surface area contributed by atoms with Crippen molar-refractivity contribution in [1.29, 1.82) is 0 Å². The van der Waals surface area contributed by atoms with Crippen molar-refractivity contribution >= 4 is 23.2 Å². The quantitative estimate of drug-likeness (QED) is 0.910. The standard InChI is InChI=1S/C17H17N3O2/c21-16(19-14-5-3-9-18-11-14)8-7-13-10-12-4-1-2-6-15(12)20-17(13)22/h1-6,9,11,13H,7-8,10H2,(H,19,21)(H,20,22)/t13-/m1/s1. The minimum absolute atomic E-state index is 0.00659. The minimum Gasteiger partial charge on any atom is -0.326 e. The predicted molar refractivity (Wildman–Crippen MR) is 84.4 cm³/mol. The van der Waals surface area contributed by atoms with Crippen LogP contribution in [0.25, 0.3) is 0 Å². The Morgan fingerprint density at radius 1 is 1.27 bits per heavy atom. The van der Waals surface area contributed by atoms with Gasteiger partial charge < -0.3 is 10.6 Å². The number of carbonyl (C=O) groups excluding carboxylic acids is 2. The van der Waals surface area contributed by atoms with Gasteiger partial charge in [-0.3, -0.25) is 14.6 Å². The monoisotopic (exact) mass is 295 g/mol. The van der Waals surface area contributed by atoms with Crippen LogP contribution in [-0.2, 0) is 16.0 Å². The summed E-state index contributed by atoms with van der Waals surface area (Å²) in [7, 11) is 0. The second-order valence-electron chi connectivity index (χ2n) is 5.38. The van der Waals surface area contributed by atoms with E-state index in [0.717, 1.165) is 11.3 Å². The molecule has 0 fully saturated rings. The molecule has 1 aliphatic heterocycles. The first-order chi connectivity index (χ1) is 10.7. The van der Waals surface area contributed by atoms with Crippen LogP contribution in [0.4, 0.5) is 11.4 Å². The smallest absolute Gasteiger partial charge is 0.227 e. The van der Waals surface area contributed by atoms with E-state index in [-0.39, 0.29) is 17.7 Å². The molecule has 22 heavy (non-hydrogen) atoms. The number of fused-ring (bicyclic) bond motifs is 1. The van der Waals surface area contributed by atoms with Crippen molar-refractivity contribution in [3.05, 3.63) is 54.4 Å². The maximum absolute atomic E-state index is 12.1. The summed E-state index contributed by atoms with van der Waals surface area (Å²) in [6.07, 6.45) is 4.78. The molecule has 0 bridgehead atoms. The second-order valence-corrected chi connectivity index (χ2v) is 5.38. The van der Waals surface area contributed by atoms with Gasteiger partial charge in [-0.05, 0) is 36.6 Å². The molecule has 3 rings (SSSR count). The fourth-order valence-electron chi connectivity index (χ4n) is 2.61. The van der Waals surface area contributed by atoms with Crippen LogP contribution in [-0.4, -0.2) is 16.8 Å². The number of hydrogen-bond acceptors (Lipinski definition) is 3. The van der Waals surface area contributed by atoms with Crippen LogP contribution >= 0.6 is 0 Å². The van der Waals surface area contributed by atoms with Gasteiger partial charge in [0.05, 0.1) is 11.9 Å². The summed E-state index contributed by atoms with van der Waals surface area (Å²) in [6, 6.07) is 11.3. The van der Waals surface area contributed by atoms with Gasteiger partial charge in [-0.1, -0.05) is 18.2 Å². The number of amides is 2. The van der Waals surface area contributed by atoms with Crippen LogP contribution in [0.3, 0.4) is 0 Å². The van der Waals surface area contributed by atoms with Gasteiger partial charge in [0.25, 0.3) is 0 Å². The van der Waals surface area contributed by atoms with E-state index in [9.17, 15) is 9.59 Å². The Kier molecular flexibility index (Phi) is 4.14. The Morgan fingerprint density at radius 2 is 2.14 bits per heavy atom. The molecule has 2 N–H and O–H groups in total. The van der Waals surface area contributed by atoms with Crippen LogP contribution in [0.2, 0.25) is 0 Å². The normalized spacial score (nSPS) is 16.5. The van der Waals surface area contributed by atoms with Gasteiger partial charge in [0.15, 0.2) is 0 Å². The largest absolute Gasteiger partial charge is 0.326 e. The highest BCUT2D eigenvalue weighted by molar-refractivity contribution is 5.96. The molecule has 5 nitrogen and oxygen atoms in total. The van der Waals surface area contributed by atoms with E-state index in [0.29, 0.717) is 24.9 Å². The number of carbonyl (C=O) groups is 2. The lowest BCUT2D eigenvalue weighted by molar-refractivity contribution is -0.121. The van der Waals surface area contributed by atoms with Crippen molar-refractivity contribution in [2.24, 2.45) is 5.92 Å². The fraction of sp³-hybridized carbons (Fsp3) is 0.235. The van der Waals surface area contributed by atoms with Gasteiger partial charge in [-0.2, -0.15) is 0 Å². The molecule has 112 valence electrons. The van der Waals surface area contributed by atoms with Crippen molar-refractivity contribution in [2.75, 3.05) is 10.6 Å². The van der Waals surface area contributed by atoms with Crippen molar-refractivity contribution in [3.63, 3.8) is 0 Å². The first-order valence-electron chi connectivity index (χ1n) is 7.31. The molecule has 0 spiro atoms. The highest BCUT2D eigenvalue weighted by Crippen LogP contribution is 2.27. The summed E-state index contributed by atoms with van der Waals surface area (Å²) in [5, 5.41) is 5.69. The summed E-state index contributed by atoms with van der Waals surface area (Å²) < 4.78 is 0. The molecule has 1 aliphatic rings. The molecule has 0 saturated heterocycles.